The van der Waals surface area contributed by atoms with Gasteiger partial charge in [-0.2, -0.15) is 0 Å². The predicted octanol–water partition coefficient (Wildman–Crippen LogP) is 2.72. The maximum absolute atomic E-state index is 5.81. The maximum atomic E-state index is 5.81. The first-order valence-corrected chi connectivity index (χ1v) is 6.63. The van der Waals surface area contributed by atoms with Gasteiger partial charge in [0.15, 0.2) is 0 Å². The molecule has 1 saturated carbocycles. The molecule has 2 heteroatoms. The molecule has 0 aromatic carbocycles. The molecule has 2 aliphatic rings. The second-order valence-electron chi connectivity index (χ2n) is 5.51. The largest absolute Gasteiger partial charge is 0.374 e. The van der Waals surface area contributed by atoms with Gasteiger partial charge in [-0.15, -0.1) is 0 Å². The second-order valence-corrected chi connectivity index (χ2v) is 5.51. The molecular formula is C13H25NO. The van der Waals surface area contributed by atoms with Crippen molar-refractivity contribution in [2.24, 2.45) is 5.92 Å². The van der Waals surface area contributed by atoms with E-state index in [4.69, 9.17) is 4.74 Å². The first kappa shape index (κ1) is 11.4. The molecule has 1 aliphatic carbocycles. The van der Waals surface area contributed by atoms with Gasteiger partial charge in [0.1, 0.15) is 0 Å². The summed E-state index contributed by atoms with van der Waals surface area (Å²) < 4.78 is 5.81. The number of rotatable bonds is 3. The quantitative estimate of drug-likeness (QED) is 0.775. The minimum absolute atomic E-state index is 0.486. The van der Waals surface area contributed by atoms with Crippen LogP contribution in [0.5, 0.6) is 0 Å². The van der Waals surface area contributed by atoms with Gasteiger partial charge in [0.2, 0.25) is 0 Å². The lowest BCUT2D eigenvalue weighted by Crippen LogP contribution is -2.37. The van der Waals surface area contributed by atoms with E-state index in [2.05, 4.69) is 19.2 Å². The number of hydrogen-bond acceptors (Lipinski definition) is 2. The van der Waals surface area contributed by atoms with Gasteiger partial charge >= 0.3 is 0 Å². The molecule has 0 spiro atoms. The topological polar surface area (TPSA) is 21.3 Å². The molecule has 2 atom stereocenters. The molecule has 1 heterocycles. The Morgan fingerprint density at radius 2 is 1.73 bits per heavy atom. The third-order valence-corrected chi connectivity index (χ3v) is 3.97. The Hall–Kier alpha value is -0.0800. The third-order valence-electron chi connectivity index (χ3n) is 3.97. The van der Waals surface area contributed by atoms with Gasteiger partial charge in [-0.05, 0) is 51.4 Å². The van der Waals surface area contributed by atoms with Crippen LogP contribution < -0.4 is 5.32 Å². The zero-order valence-corrected chi connectivity index (χ0v) is 10.2. The van der Waals surface area contributed by atoms with Crippen LogP contribution in [0.25, 0.3) is 0 Å². The van der Waals surface area contributed by atoms with Crippen molar-refractivity contribution in [3.63, 3.8) is 0 Å². The predicted molar refractivity (Wildman–Crippen MR) is 63.0 cm³/mol. The van der Waals surface area contributed by atoms with Gasteiger partial charge in [-0.25, -0.2) is 0 Å². The highest BCUT2D eigenvalue weighted by atomic mass is 16.5. The zero-order valence-electron chi connectivity index (χ0n) is 10.2. The summed E-state index contributed by atoms with van der Waals surface area (Å²) in [5.41, 5.74) is 0. The van der Waals surface area contributed by atoms with Crippen LogP contribution in [0.1, 0.15) is 52.4 Å². The van der Waals surface area contributed by atoms with E-state index in [0.717, 1.165) is 18.5 Å². The van der Waals surface area contributed by atoms with E-state index in [9.17, 15) is 0 Å². The maximum Gasteiger partial charge on any atom is 0.0704 e. The molecule has 2 unspecified atom stereocenters. The lowest BCUT2D eigenvalue weighted by Gasteiger charge is -2.28. The van der Waals surface area contributed by atoms with Gasteiger partial charge in [-0.1, -0.05) is 6.92 Å². The molecule has 88 valence electrons. The summed E-state index contributed by atoms with van der Waals surface area (Å²) in [7, 11) is 0. The minimum Gasteiger partial charge on any atom is -0.374 e. The zero-order chi connectivity index (χ0) is 10.7. The molecule has 2 fully saturated rings. The van der Waals surface area contributed by atoms with Crippen LogP contribution in [0.3, 0.4) is 0 Å². The molecule has 1 N–H and O–H groups in total. The molecule has 2 rings (SSSR count). The first-order chi connectivity index (χ1) is 7.24. The van der Waals surface area contributed by atoms with Crippen molar-refractivity contribution >= 4 is 0 Å². The Balaban J connectivity index is 1.61. The Labute approximate surface area is 93.8 Å². The molecule has 0 aromatic rings. The fourth-order valence-corrected chi connectivity index (χ4v) is 2.80. The molecule has 0 bridgehead atoms. The summed E-state index contributed by atoms with van der Waals surface area (Å²) in [4.78, 5) is 0. The van der Waals surface area contributed by atoms with Gasteiger partial charge in [0.05, 0.1) is 12.2 Å². The van der Waals surface area contributed by atoms with Crippen LogP contribution in [0.2, 0.25) is 0 Å². The lowest BCUT2D eigenvalue weighted by molar-refractivity contribution is 0.0531. The Morgan fingerprint density at radius 3 is 2.33 bits per heavy atom. The van der Waals surface area contributed by atoms with Gasteiger partial charge < -0.3 is 10.1 Å². The fraction of sp³-hybridized carbons (Fsp3) is 1.00. The molecule has 0 amide bonds. The third kappa shape index (κ3) is 3.46. The van der Waals surface area contributed by atoms with E-state index in [0.29, 0.717) is 12.2 Å². The van der Waals surface area contributed by atoms with E-state index in [1.807, 2.05) is 0 Å². The molecule has 0 radical (unpaired) electrons. The van der Waals surface area contributed by atoms with E-state index in [1.54, 1.807) is 0 Å². The number of nitrogens with one attached hydrogen (secondary N) is 1. The van der Waals surface area contributed by atoms with Crippen LogP contribution in [-0.2, 0) is 4.74 Å². The minimum atomic E-state index is 0.486. The number of hydrogen-bond donors (Lipinski definition) is 1. The van der Waals surface area contributed by atoms with Crippen LogP contribution in [0.4, 0.5) is 0 Å². The van der Waals surface area contributed by atoms with Crippen LogP contribution in [-0.4, -0.2) is 24.8 Å². The smallest absolute Gasteiger partial charge is 0.0704 e. The highest BCUT2D eigenvalue weighted by Gasteiger charge is 2.23. The molecule has 15 heavy (non-hydrogen) atoms. The van der Waals surface area contributed by atoms with E-state index >= 15 is 0 Å². The molecule has 2 nitrogen and oxygen atoms in total. The van der Waals surface area contributed by atoms with Crippen molar-refractivity contribution in [2.45, 2.75) is 70.6 Å². The Bertz CT molecular complexity index is 187. The summed E-state index contributed by atoms with van der Waals surface area (Å²) >= 11 is 0. The van der Waals surface area contributed by atoms with Crippen LogP contribution in [0.15, 0.2) is 0 Å². The summed E-state index contributed by atoms with van der Waals surface area (Å²) in [6.45, 7) is 5.63. The Morgan fingerprint density at radius 1 is 1.00 bits per heavy atom. The van der Waals surface area contributed by atoms with Crippen LogP contribution in [0, 0.1) is 5.92 Å². The monoisotopic (exact) mass is 211 g/mol. The van der Waals surface area contributed by atoms with Crippen molar-refractivity contribution in [1.29, 1.82) is 0 Å². The SMILES string of the molecule is CC1CCC(NCC2CCC(C)O2)CC1. The van der Waals surface area contributed by atoms with Gasteiger partial charge in [0, 0.05) is 12.6 Å². The molecular weight excluding hydrogens is 186 g/mol. The van der Waals surface area contributed by atoms with Gasteiger partial charge in [-0.3, -0.25) is 0 Å². The van der Waals surface area contributed by atoms with Gasteiger partial charge in [0.25, 0.3) is 0 Å². The summed E-state index contributed by atoms with van der Waals surface area (Å²) in [6.07, 6.45) is 9.00. The van der Waals surface area contributed by atoms with Crippen molar-refractivity contribution in [3.8, 4) is 0 Å². The molecule has 1 saturated heterocycles. The molecule has 1 aliphatic heterocycles. The summed E-state index contributed by atoms with van der Waals surface area (Å²) in [5.74, 6) is 0.950. The molecule has 0 aromatic heterocycles. The number of ether oxygens (including phenoxy) is 1. The lowest BCUT2D eigenvalue weighted by atomic mass is 9.87. The van der Waals surface area contributed by atoms with Crippen molar-refractivity contribution in [3.05, 3.63) is 0 Å². The normalized spacial score (nSPS) is 42.0. The van der Waals surface area contributed by atoms with Crippen molar-refractivity contribution in [2.75, 3.05) is 6.54 Å². The first-order valence-electron chi connectivity index (χ1n) is 6.63. The van der Waals surface area contributed by atoms with Crippen molar-refractivity contribution < 1.29 is 4.74 Å². The summed E-state index contributed by atoms with van der Waals surface area (Å²) in [5, 5.41) is 3.68. The standard InChI is InChI=1S/C13H25NO/c1-10-3-6-12(7-4-10)14-9-13-8-5-11(2)15-13/h10-14H,3-9H2,1-2H3. The van der Waals surface area contributed by atoms with Crippen LogP contribution >= 0.6 is 0 Å². The highest BCUT2D eigenvalue weighted by molar-refractivity contribution is 4.79. The Kier molecular flexibility index (Phi) is 4.04. The summed E-state index contributed by atoms with van der Waals surface area (Å²) in [6, 6.07) is 0.765. The average molecular weight is 211 g/mol. The fourth-order valence-electron chi connectivity index (χ4n) is 2.80. The second kappa shape index (κ2) is 5.31. The van der Waals surface area contributed by atoms with E-state index in [1.165, 1.54) is 38.5 Å². The van der Waals surface area contributed by atoms with Crippen molar-refractivity contribution in [1.82, 2.24) is 5.32 Å². The van der Waals surface area contributed by atoms with E-state index in [-0.39, 0.29) is 0 Å². The van der Waals surface area contributed by atoms with E-state index < -0.39 is 0 Å². The highest BCUT2D eigenvalue weighted by Crippen LogP contribution is 2.24. The average Bonchev–Trinajstić information content (AvgIpc) is 2.64.